The number of carboxylic acid groups (broad SMARTS) is 1. The molecular formula is C20H21Cl3N6O8S3. The summed E-state index contributed by atoms with van der Waals surface area (Å²) in [5.41, 5.74) is 4.99. The number of hydrogen-bond acceptors (Lipinski definition) is 12. The lowest BCUT2D eigenvalue weighted by Gasteiger charge is -2.49. The zero-order valence-electron chi connectivity index (χ0n) is 20.4. The van der Waals surface area contributed by atoms with Crippen LogP contribution in [0.15, 0.2) is 21.8 Å². The molecule has 1 unspecified atom stereocenters. The lowest BCUT2D eigenvalue weighted by molar-refractivity contribution is -0.150. The van der Waals surface area contributed by atoms with E-state index in [4.69, 9.17) is 50.1 Å². The van der Waals surface area contributed by atoms with Crippen molar-refractivity contribution in [3.05, 3.63) is 22.3 Å². The van der Waals surface area contributed by atoms with Gasteiger partial charge in [0.1, 0.15) is 36.0 Å². The molecule has 1 saturated heterocycles. The fourth-order valence-electron chi connectivity index (χ4n) is 3.28. The number of β-lactam (4-membered cyclic amide) rings is 1. The van der Waals surface area contributed by atoms with E-state index in [-0.39, 0.29) is 40.3 Å². The van der Waals surface area contributed by atoms with Crippen molar-refractivity contribution >= 4 is 110 Å². The van der Waals surface area contributed by atoms with Crippen molar-refractivity contribution in [3.63, 3.8) is 0 Å². The Morgan fingerprint density at radius 3 is 2.70 bits per heavy atom. The van der Waals surface area contributed by atoms with Crippen LogP contribution in [0.2, 0.25) is 0 Å². The molecule has 2 aliphatic rings. The molecule has 2 aliphatic heterocycles. The van der Waals surface area contributed by atoms with Gasteiger partial charge in [0.2, 0.25) is 3.79 Å². The van der Waals surface area contributed by atoms with Gasteiger partial charge >= 0.3 is 12.1 Å². The van der Waals surface area contributed by atoms with Crippen LogP contribution in [0.5, 0.6) is 0 Å². The number of amides is 4. The molecule has 40 heavy (non-hydrogen) atoms. The number of nitrogens with one attached hydrogen (secondary N) is 2. The number of fused-ring (bicyclic) bond motifs is 1. The van der Waals surface area contributed by atoms with Crippen molar-refractivity contribution in [1.29, 1.82) is 0 Å². The molecule has 0 aliphatic carbocycles. The van der Waals surface area contributed by atoms with Crippen LogP contribution in [0.1, 0.15) is 19.0 Å². The Morgan fingerprint density at radius 1 is 1.35 bits per heavy atom. The summed E-state index contributed by atoms with van der Waals surface area (Å²) in [5, 5.41) is 18.5. The lowest BCUT2D eigenvalue weighted by Crippen LogP contribution is -2.71. The zero-order chi connectivity index (χ0) is 29.6. The van der Waals surface area contributed by atoms with Crippen molar-refractivity contribution in [3.8, 4) is 0 Å². The van der Waals surface area contributed by atoms with Gasteiger partial charge in [-0.05, 0) is 12.0 Å². The second-order valence-corrected chi connectivity index (χ2v) is 13.3. The van der Waals surface area contributed by atoms with Crippen LogP contribution in [0.4, 0.5) is 14.7 Å². The Hall–Kier alpha value is -2.44. The monoisotopic (exact) mass is 674 g/mol. The first-order valence-electron chi connectivity index (χ1n) is 11.1. The Kier molecular flexibility index (Phi) is 11.2. The first-order chi connectivity index (χ1) is 18.8. The third-order valence-corrected chi connectivity index (χ3v) is 8.12. The number of carbonyl (C=O) groups excluding carboxylic acids is 4. The van der Waals surface area contributed by atoms with Crippen molar-refractivity contribution in [2.45, 2.75) is 28.6 Å². The molecule has 3 heterocycles. The Balaban J connectivity index is 1.73. The lowest BCUT2D eigenvalue weighted by atomic mass is 10.0. The summed E-state index contributed by atoms with van der Waals surface area (Å²) in [6.45, 7) is 1.50. The van der Waals surface area contributed by atoms with E-state index in [2.05, 4.69) is 20.8 Å². The van der Waals surface area contributed by atoms with Gasteiger partial charge in [-0.25, -0.2) is 14.6 Å². The number of rotatable bonds is 11. The predicted octanol–water partition coefficient (Wildman–Crippen LogP) is 2.74. The van der Waals surface area contributed by atoms with Crippen molar-refractivity contribution in [2.75, 3.05) is 30.0 Å². The van der Waals surface area contributed by atoms with Crippen LogP contribution < -0.4 is 16.4 Å². The second kappa shape index (κ2) is 14.0. The molecule has 0 bridgehead atoms. The number of aliphatic carboxylic acids is 1. The highest BCUT2D eigenvalue weighted by atomic mass is 35.6. The molecule has 218 valence electrons. The first kappa shape index (κ1) is 32.1. The van der Waals surface area contributed by atoms with Crippen molar-refractivity contribution < 1.29 is 38.7 Å². The highest BCUT2D eigenvalue weighted by Gasteiger charge is 2.54. The van der Waals surface area contributed by atoms with E-state index < -0.39 is 50.9 Å². The van der Waals surface area contributed by atoms with E-state index in [0.717, 1.165) is 28.0 Å². The van der Waals surface area contributed by atoms with Crippen molar-refractivity contribution in [2.24, 2.45) is 10.9 Å². The van der Waals surface area contributed by atoms with Gasteiger partial charge in [-0.1, -0.05) is 58.6 Å². The number of thiazole rings is 1. The minimum atomic E-state index is -1.81. The standard InChI is InChI=1S/C20H21Cl3N6O8S3/c1-2-3-37-28-10(9-6-40-18(25-9)27-19(35)36-7-20(21,22)23)13(30)26-11-14(31)29-12(16(32)33)8(4-38-15(11)29)5-39-17(24)34/h6,11,15H,2-5,7H2,1H3,(H2,24,34)(H,26,30)(H,32,33)(H,25,27,35)/b28-10-/t11?,15-/m1/s1. The van der Waals surface area contributed by atoms with Gasteiger partial charge in [-0.2, -0.15) is 0 Å². The number of nitrogens with zero attached hydrogens (tertiary/aromatic N) is 3. The van der Waals surface area contributed by atoms with Crippen LogP contribution >= 0.6 is 69.7 Å². The van der Waals surface area contributed by atoms with Crippen LogP contribution in [0.3, 0.4) is 0 Å². The third kappa shape index (κ3) is 8.29. The number of alkyl halides is 3. The summed E-state index contributed by atoms with van der Waals surface area (Å²) in [5.74, 6) is -2.59. The average molecular weight is 676 g/mol. The Morgan fingerprint density at radius 2 is 2.08 bits per heavy atom. The first-order valence-corrected chi connectivity index (χ1v) is 15.2. The maximum absolute atomic E-state index is 13.2. The van der Waals surface area contributed by atoms with Crippen LogP contribution in [0.25, 0.3) is 0 Å². The van der Waals surface area contributed by atoms with Gasteiger partial charge in [0, 0.05) is 16.9 Å². The number of hydrogen-bond donors (Lipinski definition) is 4. The van der Waals surface area contributed by atoms with E-state index in [9.17, 15) is 29.1 Å². The van der Waals surface area contributed by atoms with Gasteiger partial charge < -0.3 is 25.7 Å². The summed E-state index contributed by atoms with van der Waals surface area (Å²) < 4.78 is 2.97. The molecule has 0 radical (unpaired) electrons. The fraction of sp³-hybridized carbons (Fsp3) is 0.450. The molecule has 4 amide bonds. The van der Waals surface area contributed by atoms with Crippen LogP contribution in [-0.2, 0) is 24.0 Å². The van der Waals surface area contributed by atoms with Crippen LogP contribution in [-0.4, -0.2) is 89.7 Å². The highest BCUT2D eigenvalue weighted by molar-refractivity contribution is 8.13. The summed E-state index contributed by atoms with van der Waals surface area (Å²) in [4.78, 5) is 71.5. The second-order valence-electron chi connectivity index (χ2n) is 7.85. The maximum atomic E-state index is 13.2. The van der Waals surface area contributed by atoms with Gasteiger partial charge in [0.15, 0.2) is 10.8 Å². The highest BCUT2D eigenvalue weighted by Crippen LogP contribution is 2.41. The Labute approximate surface area is 254 Å². The maximum Gasteiger partial charge on any atom is 0.413 e. The number of aromatic nitrogens is 1. The number of thioether (sulfide) groups is 2. The molecular weight excluding hydrogens is 655 g/mol. The van der Waals surface area contributed by atoms with Crippen LogP contribution in [0, 0.1) is 0 Å². The predicted molar refractivity (Wildman–Crippen MR) is 152 cm³/mol. The number of oxime groups is 1. The van der Waals surface area contributed by atoms with E-state index in [0.29, 0.717) is 12.0 Å². The van der Waals surface area contributed by atoms with E-state index in [1.54, 1.807) is 0 Å². The van der Waals surface area contributed by atoms with Crippen molar-refractivity contribution in [1.82, 2.24) is 15.2 Å². The molecule has 2 atom stereocenters. The van der Waals surface area contributed by atoms with Gasteiger partial charge in [-0.3, -0.25) is 24.6 Å². The number of carboxylic acids is 1. The Bertz CT molecular complexity index is 1250. The number of primary amides is 1. The summed E-state index contributed by atoms with van der Waals surface area (Å²) in [6.07, 6.45) is -0.366. The molecule has 3 rings (SSSR count). The van der Waals surface area contributed by atoms with E-state index in [1.165, 1.54) is 17.1 Å². The third-order valence-electron chi connectivity index (χ3n) is 4.91. The topological polar surface area (TPSA) is 203 Å². The molecule has 1 aromatic rings. The number of halogens is 3. The minimum Gasteiger partial charge on any atom is -0.477 e. The average Bonchev–Trinajstić information content (AvgIpc) is 3.33. The fourth-order valence-corrected chi connectivity index (χ4v) is 6.15. The molecule has 14 nitrogen and oxygen atoms in total. The molecule has 1 fully saturated rings. The SMILES string of the molecule is CCCO/N=C(\C(=O)NC1C(=O)N2C(C(=O)O)=C(CSC(N)=O)CS[C@H]12)c1csc(NC(=O)OCC(Cl)(Cl)Cl)n1. The number of carbonyl (C=O) groups is 5. The number of anilines is 1. The zero-order valence-corrected chi connectivity index (χ0v) is 25.1. The minimum absolute atomic E-state index is 0.0152. The largest absolute Gasteiger partial charge is 0.477 e. The number of ether oxygens (including phenoxy) is 1. The summed E-state index contributed by atoms with van der Waals surface area (Å²) in [6, 6.07) is -1.07. The van der Waals surface area contributed by atoms with E-state index >= 15 is 0 Å². The van der Waals surface area contributed by atoms with E-state index in [1.807, 2.05) is 6.92 Å². The molecule has 20 heteroatoms. The molecule has 1 aromatic heterocycles. The number of nitrogens with two attached hydrogens (primary N) is 1. The van der Waals surface area contributed by atoms with Gasteiger partial charge in [0.05, 0.1) is 0 Å². The summed E-state index contributed by atoms with van der Waals surface area (Å²) >= 11 is 19.5. The van der Waals surface area contributed by atoms with Gasteiger partial charge in [0.25, 0.3) is 17.1 Å². The van der Waals surface area contributed by atoms with Gasteiger partial charge in [-0.15, -0.1) is 23.1 Å². The molecule has 0 saturated carbocycles. The normalized spacial score (nSPS) is 18.9. The quantitative estimate of drug-likeness (QED) is 0.0883. The molecule has 5 N–H and O–H groups in total. The molecule has 0 aromatic carbocycles. The summed E-state index contributed by atoms with van der Waals surface area (Å²) in [7, 11) is 0. The molecule has 0 spiro atoms. The smallest absolute Gasteiger partial charge is 0.413 e.